The molecule has 0 spiro atoms. The van der Waals surface area contributed by atoms with E-state index in [2.05, 4.69) is 5.32 Å². The van der Waals surface area contributed by atoms with Crippen molar-refractivity contribution in [1.29, 1.82) is 0 Å². The van der Waals surface area contributed by atoms with Gasteiger partial charge in [-0.25, -0.2) is 8.42 Å². The van der Waals surface area contributed by atoms with Crippen molar-refractivity contribution in [2.24, 2.45) is 0 Å². The highest BCUT2D eigenvalue weighted by Crippen LogP contribution is 2.25. The van der Waals surface area contributed by atoms with Gasteiger partial charge in [0.2, 0.25) is 15.9 Å². The summed E-state index contributed by atoms with van der Waals surface area (Å²) in [5.74, 6) is 0.539. The SMILES string of the molecule is COc1cc(NC(=O)CN(C)S(=O)(=O)/C=C/c2ccccc2)cc(OC)c1. The fraction of sp³-hybridized carbons (Fsp3) is 0.211. The van der Waals surface area contributed by atoms with E-state index in [4.69, 9.17) is 9.47 Å². The normalized spacial score (nSPS) is 11.6. The van der Waals surface area contributed by atoms with Gasteiger partial charge < -0.3 is 14.8 Å². The van der Waals surface area contributed by atoms with E-state index in [1.807, 2.05) is 18.2 Å². The van der Waals surface area contributed by atoms with E-state index in [1.165, 1.54) is 27.3 Å². The van der Waals surface area contributed by atoms with Gasteiger partial charge >= 0.3 is 0 Å². The van der Waals surface area contributed by atoms with Crippen LogP contribution >= 0.6 is 0 Å². The van der Waals surface area contributed by atoms with E-state index in [0.29, 0.717) is 17.2 Å². The van der Waals surface area contributed by atoms with Crippen molar-refractivity contribution in [2.45, 2.75) is 0 Å². The van der Waals surface area contributed by atoms with Crippen LogP contribution in [0.25, 0.3) is 6.08 Å². The zero-order chi connectivity index (χ0) is 19.9. The number of hydrogen-bond donors (Lipinski definition) is 1. The molecule has 8 heteroatoms. The topological polar surface area (TPSA) is 84.9 Å². The number of sulfonamides is 1. The summed E-state index contributed by atoms with van der Waals surface area (Å²) >= 11 is 0. The largest absolute Gasteiger partial charge is 0.497 e. The summed E-state index contributed by atoms with van der Waals surface area (Å²) in [5.41, 5.74) is 1.20. The Bertz CT molecular complexity index is 889. The maximum absolute atomic E-state index is 12.3. The molecule has 0 aliphatic heterocycles. The van der Waals surface area contributed by atoms with Gasteiger partial charge in [0.15, 0.2) is 0 Å². The van der Waals surface area contributed by atoms with E-state index in [0.717, 1.165) is 15.3 Å². The minimum atomic E-state index is -3.73. The summed E-state index contributed by atoms with van der Waals surface area (Å²) in [7, 11) is 0.614. The highest BCUT2D eigenvalue weighted by Gasteiger charge is 2.18. The molecule has 0 saturated carbocycles. The van der Waals surface area contributed by atoms with Crippen LogP contribution < -0.4 is 14.8 Å². The molecule has 27 heavy (non-hydrogen) atoms. The molecule has 0 unspecified atom stereocenters. The van der Waals surface area contributed by atoms with E-state index >= 15 is 0 Å². The number of benzene rings is 2. The molecule has 0 atom stereocenters. The first-order valence-electron chi connectivity index (χ1n) is 8.06. The van der Waals surface area contributed by atoms with Gasteiger partial charge in [-0.15, -0.1) is 0 Å². The van der Waals surface area contributed by atoms with Crippen LogP contribution in [0.4, 0.5) is 5.69 Å². The van der Waals surface area contributed by atoms with Crippen LogP contribution in [0.15, 0.2) is 53.9 Å². The third-order valence-corrected chi connectivity index (χ3v) is 5.15. The fourth-order valence-electron chi connectivity index (χ4n) is 2.20. The lowest BCUT2D eigenvalue weighted by Crippen LogP contribution is -2.33. The quantitative estimate of drug-likeness (QED) is 0.749. The second-order valence-corrected chi connectivity index (χ2v) is 7.59. The van der Waals surface area contributed by atoms with E-state index in [-0.39, 0.29) is 6.54 Å². The molecule has 7 nitrogen and oxygen atoms in total. The zero-order valence-corrected chi connectivity index (χ0v) is 16.2. The molecular weight excluding hydrogens is 368 g/mol. The third kappa shape index (κ3) is 6.12. The Balaban J connectivity index is 2.03. The molecule has 0 aliphatic rings. The van der Waals surface area contributed by atoms with Crippen LogP contribution in [-0.2, 0) is 14.8 Å². The van der Waals surface area contributed by atoms with Gasteiger partial charge in [-0.1, -0.05) is 30.3 Å². The molecule has 1 amide bonds. The van der Waals surface area contributed by atoms with Crippen molar-refractivity contribution in [3.8, 4) is 11.5 Å². The maximum Gasteiger partial charge on any atom is 0.239 e. The minimum absolute atomic E-state index is 0.332. The second-order valence-electron chi connectivity index (χ2n) is 5.66. The molecular formula is C19H22N2O5S. The summed E-state index contributed by atoms with van der Waals surface area (Å²) in [6.07, 6.45) is 1.48. The van der Waals surface area contributed by atoms with Gasteiger partial charge in [0.25, 0.3) is 0 Å². The summed E-state index contributed by atoms with van der Waals surface area (Å²) in [4.78, 5) is 12.2. The lowest BCUT2D eigenvalue weighted by molar-refractivity contribution is -0.116. The van der Waals surface area contributed by atoms with Gasteiger partial charge in [-0.3, -0.25) is 4.79 Å². The van der Waals surface area contributed by atoms with Gasteiger partial charge in [-0.2, -0.15) is 4.31 Å². The predicted octanol–water partition coefficient (Wildman–Crippen LogP) is 2.57. The number of nitrogens with one attached hydrogen (secondary N) is 1. The first-order valence-corrected chi connectivity index (χ1v) is 9.57. The van der Waals surface area contributed by atoms with E-state index in [1.54, 1.807) is 30.3 Å². The van der Waals surface area contributed by atoms with Crippen LogP contribution in [0.1, 0.15) is 5.56 Å². The molecule has 0 fully saturated rings. The van der Waals surface area contributed by atoms with E-state index < -0.39 is 15.9 Å². The number of amides is 1. The Morgan fingerprint density at radius 3 is 2.22 bits per heavy atom. The molecule has 1 N–H and O–H groups in total. The Morgan fingerprint density at radius 1 is 1.07 bits per heavy atom. The Hall–Kier alpha value is -2.84. The van der Waals surface area contributed by atoms with Gasteiger partial charge in [0.05, 0.1) is 20.8 Å². The van der Waals surface area contributed by atoms with Gasteiger partial charge in [-0.05, 0) is 11.6 Å². The number of nitrogens with zero attached hydrogens (tertiary/aromatic N) is 1. The van der Waals surface area contributed by atoms with E-state index in [9.17, 15) is 13.2 Å². The molecule has 0 saturated heterocycles. The Morgan fingerprint density at radius 2 is 1.67 bits per heavy atom. The standard InChI is InChI=1S/C19H22N2O5S/c1-21(27(23,24)10-9-15-7-5-4-6-8-15)14-19(22)20-16-11-17(25-2)13-18(12-16)26-3/h4-13H,14H2,1-3H3,(H,20,22)/b10-9+. The summed E-state index contributed by atoms with van der Waals surface area (Å²) in [6, 6.07) is 13.9. The van der Waals surface area contributed by atoms with Crippen molar-refractivity contribution in [3.63, 3.8) is 0 Å². The van der Waals surface area contributed by atoms with Crippen LogP contribution in [0.5, 0.6) is 11.5 Å². The number of hydrogen-bond acceptors (Lipinski definition) is 5. The number of methoxy groups -OCH3 is 2. The Labute approximate surface area is 159 Å². The number of ether oxygens (including phenoxy) is 2. The average Bonchev–Trinajstić information content (AvgIpc) is 2.66. The van der Waals surface area contributed by atoms with Crippen molar-refractivity contribution in [1.82, 2.24) is 4.31 Å². The number of carbonyl (C=O) groups is 1. The van der Waals surface area contributed by atoms with Crippen LogP contribution in [0, 0.1) is 0 Å². The summed E-state index contributed by atoms with van der Waals surface area (Å²) < 4.78 is 35.9. The molecule has 0 aromatic heterocycles. The van der Waals surface area contributed by atoms with Crippen molar-refractivity contribution in [3.05, 3.63) is 59.5 Å². The minimum Gasteiger partial charge on any atom is -0.497 e. The summed E-state index contributed by atoms with van der Waals surface area (Å²) in [5, 5.41) is 3.71. The molecule has 0 heterocycles. The summed E-state index contributed by atoms with van der Waals surface area (Å²) in [6.45, 7) is -0.332. The van der Waals surface area contributed by atoms with Crippen LogP contribution in [0.3, 0.4) is 0 Å². The highest BCUT2D eigenvalue weighted by atomic mass is 32.2. The number of anilines is 1. The molecule has 144 valence electrons. The van der Waals surface area contributed by atoms with Crippen LogP contribution in [0.2, 0.25) is 0 Å². The van der Waals surface area contributed by atoms with Gasteiger partial charge in [0.1, 0.15) is 11.5 Å². The number of likely N-dealkylation sites (N-methyl/N-ethyl adjacent to an activating group) is 1. The number of carbonyl (C=O) groups excluding carboxylic acids is 1. The average molecular weight is 390 g/mol. The molecule has 2 aromatic carbocycles. The lowest BCUT2D eigenvalue weighted by Gasteiger charge is -2.15. The maximum atomic E-state index is 12.3. The predicted molar refractivity (Wildman–Crippen MR) is 105 cm³/mol. The van der Waals surface area contributed by atoms with Crippen molar-refractivity contribution in [2.75, 3.05) is 33.1 Å². The lowest BCUT2D eigenvalue weighted by atomic mass is 10.2. The molecule has 2 aromatic rings. The smallest absolute Gasteiger partial charge is 0.239 e. The highest BCUT2D eigenvalue weighted by molar-refractivity contribution is 7.92. The van der Waals surface area contributed by atoms with Gasteiger partial charge in [0, 0.05) is 36.3 Å². The monoisotopic (exact) mass is 390 g/mol. The number of rotatable bonds is 8. The molecule has 0 aliphatic carbocycles. The second kappa shape index (κ2) is 9.20. The van der Waals surface area contributed by atoms with Crippen LogP contribution in [-0.4, -0.2) is 46.4 Å². The fourth-order valence-corrected chi connectivity index (χ4v) is 3.04. The third-order valence-electron chi connectivity index (χ3n) is 3.67. The molecule has 0 radical (unpaired) electrons. The van der Waals surface area contributed by atoms with Crippen molar-refractivity contribution < 1.29 is 22.7 Å². The van der Waals surface area contributed by atoms with Crippen molar-refractivity contribution >= 4 is 27.7 Å². The first kappa shape index (κ1) is 20.5. The molecule has 0 bridgehead atoms. The first-order chi connectivity index (χ1) is 12.8. The zero-order valence-electron chi connectivity index (χ0n) is 15.4. The Kier molecular flexibility index (Phi) is 6.98. The molecule has 2 rings (SSSR count).